The summed E-state index contributed by atoms with van der Waals surface area (Å²) in [7, 11) is -1.64. The Morgan fingerprint density at radius 1 is 1.30 bits per heavy atom. The lowest BCUT2D eigenvalue weighted by Crippen LogP contribution is -2.50. The van der Waals surface area contributed by atoms with E-state index in [1.807, 2.05) is 0 Å². The van der Waals surface area contributed by atoms with E-state index in [1.54, 1.807) is 6.07 Å². The maximum absolute atomic E-state index is 6.37. The fourth-order valence-electron chi connectivity index (χ4n) is 2.03. The van der Waals surface area contributed by atoms with Crippen LogP contribution < -0.4 is 11.1 Å². The minimum Gasteiger partial charge on any atom is -0.414 e. The lowest BCUT2D eigenvalue weighted by molar-refractivity contribution is 0.0928. The van der Waals surface area contributed by atoms with Crippen LogP contribution in [0, 0.1) is 0 Å². The molecule has 0 aliphatic heterocycles. The number of aromatic nitrogens is 2. The van der Waals surface area contributed by atoms with Crippen molar-refractivity contribution >= 4 is 20.0 Å². The average Bonchev–Trinajstić information content (AvgIpc) is 2.24. The lowest BCUT2D eigenvalue weighted by atomic mass is 9.89. The molecule has 6 heteroatoms. The van der Waals surface area contributed by atoms with E-state index in [1.165, 1.54) is 6.33 Å². The van der Waals surface area contributed by atoms with Gasteiger partial charge in [-0.3, -0.25) is 0 Å². The normalized spacial score (nSPS) is 23.2. The zero-order valence-corrected chi connectivity index (χ0v) is 14.1. The molecule has 0 unspecified atom stereocenters. The van der Waals surface area contributed by atoms with Gasteiger partial charge in [0.05, 0.1) is 0 Å². The second-order valence-corrected chi connectivity index (χ2v) is 11.9. The van der Waals surface area contributed by atoms with E-state index < -0.39 is 8.32 Å². The minimum atomic E-state index is -1.64. The van der Waals surface area contributed by atoms with Crippen molar-refractivity contribution in [1.82, 2.24) is 9.97 Å². The number of hydrogen-bond donors (Lipinski definition) is 2. The average molecular weight is 294 g/mol. The summed E-state index contributed by atoms with van der Waals surface area (Å²) in [6.45, 7) is 11.4. The highest BCUT2D eigenvalue weighted by molar-refractivity contribution is 6.74. The second kappa shape index (κ2) is 5.33. The van der Waals surface area contributed by atoms with Crippen molar-refractivity contribution in [3.05, 3.63) is 12.4 Å². The van der Waals surface area contributed by atoms with Crippen LogP contribution >= 0.6 is 0 Å². The van der Waals surface area contributed by atoms with Crippen molar-refractivity contribution in [2.45, 2.75) is 63.9 Å². The maximum atomic E-state index is 6.37. The van der Waals surface area contributed by atoms with Gasteiger partial charge in [-0.15, -0.1) is 0 Å². The van der Waals surface area contributed by atoms with Crippen molar-refractivity contribution in [3.63, 3.8) is 0 Å². The molecule has 20 heavy (non-hydrogen) atoms. The molecule has 1 saturated carbocycles. The highest BCUT2D eigenvalue weighted by Crippen LogP contribution is 2.40. The van der Waals surface area contributed by atoms with Crippen LogP contribution in [-0.4, -0.2) is 30.4 Å². The van der Waals surface area contributed by atoms with Crippen LogP contribution in [-0.2, 0) is 4.43 Å². The van der Waals surface area contributed by atoms with Gasteiger partial charge in [-0.05, 0) is 31.0 Å². The molecule has 0 radical (unpaired) electrons. The molecule has 0 amide bonds. The van der Waals surface area contributed by atoms with Gasteiger partial charge < -0.3 is 15.5 Å². The van der Waals surface area contributed by atoms with Crippen molar-refractivity contribution in [2.24, 2.45) is 0 Å². The number of rotatable bonds is 4. The molecule has 1 heterocycles. The Balaban J connectivity index is 1.81. The fourth-order valence-corrected chi connectivity index (χ4v) is 3.41. The molecule has 0 saturated heterocycles. The highest BCUT2D eigenvalue weighted by Gasteiger charge is 2.42. The summed E-state index contributed by atoms with van der Waals surface area (Å²) in [5.41, 5.74) is 5.64. The molecule has 1 aromatic rings. The van der Waals surface area contributed by atoms with Gasteiger partial charge in [0.25, 0.3) is 0 Å². The van der Waals surface area contributed by atoms with Crippen LogP contribution in [0.2, 0.25) is 18.1 Å². The monoisotopic (exact) mass is 294 g/mol. The quantitative estimate of drug-likeness (QED) is 0.835. The second-order valence-electron chi connectivity index (χ2n) is 7.14. The van der Waals surface area contributed by atoms with E-state index in [9.17, 15) is 0 Å². The molecule has 1 aromatic heterocycles. The SMILES string of the molecule is CC(C)(C)[Si](C)(C)O[C@H]1C[C@@H](Nc2cc(N)ncn2)C1. The van der Waals surface area contributed by atoms with Gasteiger partial charge in [0, 0.05) is 18.2 Å². The third-order valence-electron chi connectivity index (χ3n) is 4.40. The van der Waals surface area contributed by atoms with Crippen LogP contribution in [0.25, 0.3) is 0 Å². The number of anilines is 2. The summed E-state index contributed by atoms with van der Waals surface area (Å²) in [6, 6.07) is 2.20. The van der Waals surface area contributed by atoms with E-state index in [0.717, 1.165) is 18.7 Å². The Morgan fingerprint density at radius 2 is 1.95 bits per heavy atom. The largest absolute Gasteiger partial charge is 0.414 e. The topological polar surface area (TPSA) is 73.1 Å². The Morgan fingerprint density at radius 3 is 2.50 bits per heavy atom. The zero-order chi connectivity index (χ0) is 15.0. The zero-order valence-electron chi connectivity index (χ0n) is 13.1. The number of hydrogen-bond acceptors (Lipinski definition) is 5. The number of nitrogens with two attached hydrogens (primary N) is 1. The Kier molecular flexibility index (Phi) is 4.06. The molecule has 1 aliphatic rings. The Bertz CT molecular complexity index is 466. The van der Waals surface area contributed by atoms with E-state index in [-0.39, 0.29) is 5.04 Å². The van der Waals surface area contributed by atoms with Crippen LogP contribution in [0.3, 0.4) is 0 Å². The summed E-state index contributed by atoms with van der Waals surface area (Å²) >= 11 is 0. The lowest BCUT2D eigenvalue weighted by Gasteiger charge is -2.45. The third-order valence-corrected chi connectivity index (χ3v) is 8.94. The molecule has 3 N–H and O–H groups in total. The van der Waals surface area contributed by atoms with E-state index in [4.69, 9.17) is 10.2 Å². The Labute approximate surface area is 122 Å². The van der Waals surface area contributed by atoms with Gasteiger partial charge in [0.1, 0.15) is 18.0 Å². The third kappa shape index (κ3) is 3.49. The van der Waals surface area contributed by atoms with E-state index >= 15 is 0 Å². The molecule has 0 bridgehead atoms. The predicted octanol–water partition coefficient (Wildman–Crippen LogP) is 3.02. The molecule has 112 valence electrons. The van der Waals surface area contributed by atoms with Crippen molar-refractivity contribution in [3.8, 4) is 0 Å². The molecule has 0 aromatic carbocycles. The van der Waals surface area contributed by atoms with Crippen molar-refractivity contribution < 1.29 is 4.43 Å². The highest BCUT2D eigenvalue weighted by atomic mass is 28.4. The van der Waals surface area contributed by atoms with Gasteiger partial charge in [-0.1, -0.05) is 20.8 Å². The van der Waals surface area contributed by atoms with Gasteiger partial charge in [0.15, 0.2) is 8.32 Å². The summed E-state index contributed by atoms with van der Waals surface area (Å²) in [4.78, 5) is 8.05. The standard InChI is InChI=1S/C14H26N4OSi/c1-14(2,3)20(4,5)19-11-6-10(7-11)18-13-8-12(15)16-9-17-13/h8-11H,6-7H2,1-5H3,(H3,15,16,17,18)/t10-,11+. The maximum Gasteiger partial charge on any atom is 0.192 e. The molecule has 1 aliphatic carbocycles. The number of nitrogens with one attached hydrogen (secondary N) is 1. The van der Waals surface area contributed by atoms with Crippen LogP contribution in [0.1, 0.15) is 33.6 Å². The molecule has 0 atom stereocenters. The Hall–Kier alpha value is -1.14. The summed E-state index contributed by atoms with van der Waals surface area (Å²) < 4.78 is 6.37. The first-order valence-corrected chi connectivity index (χ1v) is 10.1. The molecular weight excluding hydrogens is 268 g/mol. The molecular formula is C14H26N4OSi. The van der Waals surface area contributed by atoms with E-state index in [2.05, 4.69) is 49.1 Å². The molecule has 5 nitrogen and oxygen atoms in total. The van der Waals surface area contributed by atoms with Crippen molar-refractivity contribution in [1.29, 1.82) is 0 Å². The summed E-state index contributed by atoms with van der Waals surface area (Å²) in [6.07, 6.45) is 3.94. The first-order valence-electron chi connectivity index (χ1n) is 7.19. The summed E-state index contributed by atoms with van der Waals surface area (Å²) in [5, 5.41) is 3.65. The number of nitrogen functional groups attached to an aromatic ring is 1. The fraction of sp³-hybridized carbons (Fsp3) is 0.714. The van der Waals surface area contributed by atoms with E-state index in [0.29, 0.717) is 18.0 Å². The predicted molar refractivity (Wildman–Crippen MR) is 85.2 cm³/mol. The van der Waals surface area contributed by atoms with Crippen LogP contribution in [0.15, 0.2) is 12.4 Å². The van der Waals surface area contributed by atoms with Gasteiger partial charge in [-0.2, -0.15) is 0 Å². The first kappa shape index (κ1) is 15.2. The van der Waals surface area contributed by atoms with Gasteiger partial charge in [-0.25, -0.2) is 9.97 Å². The van der Waals surface area contributed by atoms with Gasteiger partial charge >= 0.3 is 0 Å². The smallest absolute Gasteiger partial charge is 0.192 e. The minimum absolute atomic E-state index is 0.270. The van der Waals surface area contributed by atoms with Crippen LogP contribution in [0.5, 0.6) is 0 Å². The first-order chi connectivity index (χ1) is 9.17. The molecule has 2 rings (SSSR count). The molecule has 0 spiro atoms. The van der Waals surface area contributed by atoms with Crippen LogP contribution in [0.4, 0.5) is 11.6 Å². The molecule has 1 fully saturated rings. The van der Waals surface area contributed by atoms with Gasteiger partial charge in [0.2, 0.25) is 0 Å². The van der Waals surface area contributed by atoms with Crippen molar-refractivity contribution in [2.75, 3.05) is 11.1 Å². The summed E-state index contributed by atoms with van der Waals surface area (Å²) in [5.74, 6) is 1.30. The number of nitrogens with zero attached hydrogens (tertiary/aromatic N) is 2.